The van der Waals surface area contributed by atoms with E-state index in [9.17, 15) is 9.18 Å². The molecule has 0 aliphatic heterocycles. The third-order valence-electron chi connectivity index (χ3n) is 3.39. The average molecular weight is 295 g/mol. The molecule has 1 amide bonds. The second kappa shape index (κ2) is 7.19. The highest BCUT2D eigenvalue weighted by atomic mass is 32.1. The molecule has 0 atom stereocenters. The van der Waals surface area contributed by atoms with Gasteiger partial charge in [-0.3, -0.25) is 15.6 Å². The number of hydrogen-bond donors (Lipinski definition) is 3. The van der Waals surface area contributed by atoms with E-state index >= 15 is 0 Å². The smallest absolute Gasteiger partial charge is 0.238 e. The van der Waals surface area contributed by atoms with Gasteiger partial charge in [-0.1, -0.05) is 25.0 Å². The molecule has 0 saturated heterocycles. The van der Waals surface area contributed by atoms with Gasteiger partial charge in [0.05, 0.1) is 5.69 Å². The fraction of sp³-hybridized carbons (Fsp3) is 0.429. The van der Waals surface area contributed by atoms with Crippen molar-refractivity contribution in [3.05, 3.63) is 30.1 Å². The predicted octanol–water partition coefficient (Wildman–Crippen LogP) is 2.72. The van der Waals surface area contributed by atoms with Gasteiger partial charge in [0.25, 0.3) is 0 Å². The van der Waals surface area contributed by atoms with E-state index in [1.807, 2.05) is 0 Å². The number of para-hydroxylation sites is 1. The zero-order valence-electron chi connectivity index (χ0n) is 11.1. The minimum Gasteiger partial charge on any atom is -0.329 e. The molecule has 0 bridgehead atoms. The zero-order chi connectivity index (χ0) is 14.4. The van der Waals surface area contributed by atoms with Gasteiger partial charge in [-0.2, -0.15) is 0 Å². The first-order valence-electron chi connectivity index (χ1n) is 6.75. The van der Waals surface area contributed by atoms with Crippen LogP contribution in [0.25, 0.3) is 0 Å². The maximum atomic E-state index is 13.4. The molecule has 1 aliphatic rings. The number of rotatable bonds is 3. The van der Waals surface area contributed by atoms with Crippen LogP contribution in [0.4, 0.5) is 10.1 Å². The number of benzene rings is 1. The highest BCUT2D eigenvalue weighted by Crippen LogP contribution is 2.27. The molecule has 0 unspecified atom stereocenters. The molecule has 4 nitrogen and oxygen atoms in total. The van der Waals surface area contributed by atoms with Crippen LogP contribution in [0.5, 0.6) is 0 Å². The molecular formula is C14H18FN3OS. The van der Waals surface area contributed by atoms with Crippen LogP contribution in [0.15, 0.2) is 24.3 Å². The fourth-order valence-electron chi connectivity index (χ4n) is 2.37. The normalized spacial score (nSPS) is 14.8. The Kier molecular flexibility index (Phi) is 5.29. The Morgan fingerprint density at radius 2 is 1.95 bits per heavy atom. The van der Waals surface area contributed by atoms with Crippen molar-refractivity contribution in [1.82, 2.24) is 10.9 Å². The lowest BCUT2D eigenvalue weighted by atomic mass is 10.0. The van der Waals surface area contributed by atoms with Crippen molar-refractivity contribution in [3.63, 3.8) is 0 Å². The lowest BCUT2D eigenvalue weighted by molar-refractivity contribution is -0.122. The highest BCUT2D eigenvalue weighted by molar-refractivity contribution is 7.80. The Morgan fingerprint density at radius 3 is 2.65 bits per heavy atom. The summed E-state index contributed by atoms with van der Waals surface area (Å²) >= 11 is 4.99. The molecule has 6 heteroatoms. The van der Waals surface area contributed by atoms with E-state index in [-0.39, 0.29) is 16.7 Å². The van der Waals surface area contributed by atoms with Gasteiger partial charge in [0.2, 0.25) is 5.91 Å². The molecule has 20 heavy (non-hydrogen) atoms. The second-order valence-corrected chi connectivity index (χ2v) is 5.37. The SMILES string of the molecule is O=C(CC1CCCC1)NNC(=S)Nc1ccccc1F. The largest absolute Gasteiger partial charge is 0.329 e. The van der Waals surface area contributed by atoms with Gasteiger partial charge in [0.15, 0.2) is 5.11 Å². The highest BCUT2D eigenvalue weighted by Gasteiger charge is 2.18. The quantitative estimate of drug-likeness (QED) is 0.593. The van der Waals surface area contributed by atoms with Crippen molar-refractivity contribution in [2.24, 2.45) is 5.92 Å². The third kappa shape index (κ3) is 4.45. The Hall–Kier alpha value is -1.69. The van der Waals surface area contributed by atoms with E-state index in [1.54, 1.807) is 18.2 Å². The summed E-state index contributed by atoms with van der Waals surface area (Å²) in [5, 5.41) is 2.85. The van der Waals surface area contributed by atoms with Gasteiger partial charge in [0, 0.05) is 6.42 Å². The molecule has 108 valence electrons. The molecule has 0 aromatic heterocycles. The first-order chi connectivity index (χ1) is 9.65. The molecule has 3 N–H and O–H groups in total. The molecule has 1 aliphatic carbocycles. The van der Waals surface area contributed by atoms with Crippen molar-refractivity contribution in [1.29, 1.82) is 0 Å². The number of thiocarbonyl (C=S) groups is 1. The van der Waals surface area contributed by atoms with Crippen molar-refractivity contribution in [3.8, 4) is 0 Å². The fourth-order valence-corrected chi connectivity index (χ4v) is 2.53. The number of anilines is 1. The van der Waals surface area contributed by atoms with Gasteiger partial charge in [0.1, 0.15) is 5.82 Å². The summed E-state index contributed by atoms with van der Waals surface area (Å²) in [7, 11) is 0. The van der Waals surface area contributed by atoms with Gasteiger partial charge in [-0.25, -0.2) is 4.39 Å². The Bertz CT molecular complexity index is 489. The standard InChI is InChI=1S/C14H18FN3OS/c15-11-7-3-4-8-12(11)16-14(20)18-17-13(19)9-10-5-1-2-6-10/h3-4,7-8,10H,1-2,5-6,9H2,(H,17,19)(H2,16,18,20). The van der Waals surface area contributed by atoms with E-state index in [0.717, 1.165) is 12.8 Å². The van der Waals surface area contributed by atoms with Gasteiger partial charge < -0.3 is 5.32 Å². The van der Waals surface area contributed by atoms with Crippen LogP contribution in [-0.4, -0.2) is 11.0 Å². The van der Waals surface area contributed by atoms with Crippen molar-refractivity contribution in [2.75, 3.05) is 5.32 Å². The second-order valence-electron chi connectivity index (χ2n) is 4.96. The van der Waals surface area contributed by atoms with Crippen molar-refractivity contribution in [2.45, 2.75) is 32.1 Å². The lowest BCUT2D eigenvalue weighted by Crippen LogP contribution is -2.44. The average Bonchev–Trinajstić information content (AvgIpc) is 2.92. The third-order valence-corrected chi connectivity index (χ3v) is 3.59. The van der Waals surface area contributed by atoms with E-state index < -0.39 is 5.82 Å². The van der Waals surface area contributed by atoms with E-state index in [2.05, 4.69) is 16.2 Å². The summed E-state index contributed by atoms with van der Waals surface area (Å²) in [5.74, 6) is -0.00610. The summed E-state index contributed by atoms with van der Waals surface area (Å²) < 4.78 is 13.4. The van der Waals surface area contributed by atoms with Crippen LogP contribution in [-0.2, 0) is 4.79 Å². The maximum absolute atomic E-state index is 13.4. The minimum absolute atomic E-state index is 0.0883. The zero-order valence-corrected chi connectivity index (χ0v) is 11.9. The predicted molar refractivity (Wildman–Crippen MR) is 80.5 cm³/mol. The first kappa shape index (κ1) is 14.7. The number of amides is 1. The van der Waals surface area contributed by atoms with Crippen LogP contribution in [0, 0.1) is 11.7 Å². The monoisotopic (exact) mass is 295 g/mol. The summed E-state index contributed by atoms with van der Waals surface area (Å²) in [5.41, 5.74) is 5.39. The van der Waals surface area contributed by atoms with E-state index in [0.29, 0.717) is 12.3 Å². The van der Waals surface area contributed by atoms with E-state index in [4.69, 9.17) is 12.2 Å². The molecule has 1 fully saturated rings. The molecule has 1 aromatic rings. The molecule has 2 rings (SSSR count). The maximum Gasteiger partial charge on any atom is 0.238 e. The molecular weight excluding hydrogens is 277 g/mol. The number of hydrogen-bond acceptors (Lipinski definition) is 2. The van der Waals surface area contributed by atoms with Gasteiger partial charge in [-0.15, -0.1) is 0 Å². The number of carbonyl (C=O) groups is 1. The molecule has 0 spiro atoms. The molecule has 1 saturated carbocycles. The van der Waals surface area contributed by atoms with Gasteiger partial charge >= 0.3 is 0 Å². The molecule has 1 aromatic carbocycles. The summed E-state index contributed by atoms with van der Waals surface area (Å²) in [4.78, 5) is 11.7. The number of hydrazine groups is 1. The topological polar surface area (TPSA) is 53.2 Å². The van der Waals surface area contributed by atoms with E-state index in [1.165, 1.54) is 18.9 Å². The number of halogens is 1. The Balaban J connectivity index is 1.72. The summed E-state index contributed by atoms with van der Waals surface area (Å²) in [6.07, 6.45) is 5.16. The molecule has 0 radical (unpaired) electrons. The Labute approximate surface area is 123 Å². The summed E-state index contributed by atoms with van der Waals surface area (Å²) in [6.45, 7) is 0. The van der Waals surface area contributed by atoms with Crippen LogP contribution in [0.2, 0.25) is 0 Å². The van der Waals surface area contributed by atoms with Crippen molar-refractivity contribution >= 4 is 28.9 Å². The van der Waals surface area contributed by atoms with Crippen LogP contribution in [0.1, 0.15) is 32.1 Å². The van der Waals surface area contributed by atoms with Crippen molar-refractivity contribution < 1.29 is 9.18 Å². The van der Waals surface area contributed by atoms with Crippen LogP contribution < -0.4 is 16.2 Å². The first-order valence-corrected chi connectivity index (χ1v) is 7.16. The van der Waals surface area contributed by atoms with Gasteiger partial charge in [-0.05, 0) is 43.1 Å². The summed E-state index contributed by atoms with van der Waals surface area (Å²) in [6, 6.07) is 6.21. The number of nitrogens with one attached hydrogen (secondary N) is 3. The van der Waals surface area contributed by atoms with Crippen LogP contribution >= 0.6 is 12.2 Å². The Morgan fingerprint density at radius 1 is 1.25 bits per heavy atom. The molecule has 0 heterocycles. The minimum atomic E-state index is -0.395. The number of carbonyl (C=O) groups excluding carboxylic acids is 1. The van der Waals surface area contributed by atoms with Crippen LogP contribution in [0.3, 0.4) is 0 Å². The lowest BCUT2D eigenvalue weighted by Gasteiger charge is -2.13.